The van der Waals surface area contributed by atoms with Gasteiger partial charge < -0.3 is 20.9 Å². The third-order valence-electron chi connectivity index (χ3n) is 5.97. The van der Waals surface area contributed by atoms with Crippen molar-refractivity contribution in [2.75, 3.05) is 17.7 Å². The third kappa shape index (κ3) is 3.67. The Kier molecular flexibility index (Phi) is 5.48. The fourth-order valence-corrected chi connectivity index (χ4v) is 5.49. The molecule has 5 rings (SSSR count). The average molecular weight is 482 g/mol. The molecule has 4 aromatic rings. The molecule has 9 nitrogen and oxygen atoms in total. The van der Waals surface area contributed by atoms with E-state index < -0.39 is 22.6 Å². The Balaban J connectivity index is 1.28. The normalized spacial score (nSPS) is 12.8. The molecule has 0 atom stereocenters. The number of fused-ring (bicyclic) bond motifs is 3. The zero-order valence-corrected chi connectivity index (χ0v) is 19.0. The highest BCUT2D eigenvalue weighted by Crippen LogP contribution is 2.34. The van der Waals surface area contributed by atoms with E-state index in [0.29, 0.717) is 15.8 Å². The van der Waals surface area contributed by atoms with Crippen molar-refractivity contribution in [2.45, 2.75) is 32.4 Å². The van der Waals surface area contributed by atoms with Crippen LogP contribution >= 0.6 is 11.3 Å². The summed E-state index contributed by atoms with van der Waals surface area (Å²) in [7, 11) is 1.52. The number of anilines is 2. The number of hydrogen-bond donors (Lipinski definition) is 4. The van der Waals surface area contributed by atoms with Gasteiger partial charge in [-0.25, -0.2) is 9.37 Å². The minimum atomic E-state index is -0.650. The summed E-state index contributed by atoms with van der Waals surface area (Å²) in [5.41, 5.74) is 0.634. The first-order chi connectivity index (χ1) is 16.4. The molecule has 0 radical (unpaired) electrons. The van der Waals surface area contributed by atoms with Gasteiger partial charge in [-0.1, -0.05) is 6.07 Å². The number of aryl methyl sites for hydroxylation is 2. The van der Waals surface area contributed by atoms with Gasteiger partial charge in [-0.05, 0) is 42.5 Å². The highest BCUT2D eigenvalue weighted by molar-refractivity contribution is 7.18. The van der Waals surface area contributed by atoms with E-state index in [1.165, 1.54) is 30.5 Å². The van der Waals surface area contributed by atoms with Gasteiger partial charge in [0, 0.05) is 30.6 Å². The number of benzene rings is 1. The van der Waals surface area contributed by atoms with Crippen molar-refractivity contribution in [1.82, 2.24) is 15.3 Å². The number of carbonyl (C=O) groups excluding carboxylic acids is 1. The Morgan fingerprint density at radius 2 is 1.94 bits per heavy atom. The molecule has 174 valence electrons. The summed E-state index contributed by atoms with van der Waals surface area (Å²) >= 11 is 1.45. The number of amides is 1. The first-order valence-electron chi connectivity index (χ1n) is 10.7. The van der Waals surface area contributed by atoms with Gasteiger partial charge in [-0.15, -0.1) is 11.3 Å². The van der Waals surface area contributed by atoms with Crippen molar-refractivity contribution in [3.05, 3.63) is 82.2 Å². The maximum absolute atomic E-state index is 14.3. The molecule has 34 heavy (non-hydrogen) atoms. The quantitative estimate of drug-likeness (QED) is 0.296. The molecule has 0 unspecified atom stereocenters. The number of nitrogens with one attached hydrogen (secondary N) is 4. The minimum Gasteiger partial charge on any atom is -0.383 e. The molecule has 1 aliphatic rings. The third-order valence-corrected chi connectivity index (χ3v) is 7.15. The van der Waals surface area contributed by atoms with Crippen molar-refractivity contribution in [3.63, 3.8) is 0 Å². The largest absolute Gasteiger partial charge is 0.383 e. The number of H-pyrrole nitrogens is 1. The van der Waals surface area contributed by atoms with Crippen LogP contribution in [0.25, 0.3) is 10.2 Å². The second-order valence-electron chi connectivity index (χ2n) is 8.07. The Labute approximate surface area is 195 Å². The summed E-state index contributed by atoms with van der Waals surface area (Å²) in [5, 5.41) is 8.70. The van der Waals surface area contributed by atoms with Crippen LogP contribution in [0.2, 0.25) is 0 Å². The summed E-state index contributed by atoms with van der Waals surface area (Å²) in [6, 6.07) is 4.34. The number of carbonyl (C=O) groups is 1. The Morgan fingerprint density at radius 3 is 2.74 bits per heavy atom. The Hall–Kier alpha value is -3.86. The zero-order chi connectivity index (χ0) is 24.0. The number of thiophene rings is 1. The second-order valence-corrected chi connectivity index (χ2v) is 9.16. The van der Waals surface area contributed by atoms with E-state index in [9.17, 15) is 23.6 Å². The molecule has 0 spiro atoms. The van der Waals surface area contributed by atoms with E-state index in [1.54, 1.807) is 6.07 Å². The van der Waals surface area contributed by atoms with E-state index in [1.807, 2.05) is 0 Å². The second kappa shape index (κ2) is 8.49. The van der Waals surface area contributed by atoms with Gasteiger partial charge in [0.25, 0.3) is 22.3 Å². The van der Waals surface area contributed by atoms with Crippen molar-refractivity contribution in [3.8, 4) is 0 Å². The highest BCUT2D eigenvalue weighted by Gasteiger charge is 2.23. The maximum atomic E-state index is 14.3. The Morgan fingerprint density at radius 1 is 1.15 bits per heavy atom. The number of halogens is 1. The lowest BCUT2D eigenvalue weighted by Gasteiger charge is -2.14. The molecule has 1 amide bonds. The number of aromatic amines is 1. The lowest BCUT2D eigenvalue weighted by Crippen LogP contribution is -2.36. The molecular weight excluding hydrogens is 461 g/mol. The SMILES string of the molecule is CNc1c(NCc2cc(CNC(=O)c3nc4sc5c(c4c(=O)[nH]3)CCC5)ccc2F)c(=O)c1=O. The van der Waals surface area contributed by atoms with Crippen molar-refractivity contribution >= 4 is 38.8 Å². The first kappa shape index (κ1) is 22.0. The summed E-state index contributed by atoms with van der Waals surface area (Å²) in [4.78, 5) is 57.0. The van der Waals surface area contributed by atoms with Gasteiger partial charge in [0.2, 0.25) is 5.82 Å². The molecule has 1 aliphatic carbocycles. The van der Waals surface area contributed by atoms with E-state index in [-0.39, 0.29) is 41.4 Å². The molecule has 2 aromatic heterocycles. The average Bonchev–Trinajstić information content (AvgIpc) is 3.42. The van der Waals surface area contributed by atoms with E-state index in [2.05, 4.69) is 25.9 Å². The number of rotatable bonds is 7. The molecular formula is C23H20FN5O4S. The predicted octanol–water partition coefficient (Wildman–Crippen LogP) is 1.79. The van der Waals surface area contributed by atoms with Crippen LogP contribution < -0.4 is 32.4 Å². The lowest BCUT2D eigenvalue weighted by molar-refractivity contribution is 0.0940. The maximum Gasteiger partial charge on any atom is 0.287 e. The molecule has 11 heteroatoms. The van der Waals surface area contributed by atoms with Crippen LogP contribution in [0.4, 0.5) is 15.8 Å². The summed E-state index contributed by atoms with van der Waals surface area (Å²) in [6.45, 7) is 0.0679. The number of nitrogens with zero attached hydrogens (tertiary/aromatic N) is 1. The van der Waals surface area contributed by atoms with E-state index in [0.717, 1.165) is 29.7 Å². The van der Waals surface area contributed by atoms with Gasteiger partial charge in [-0.2, -0.15) is 0 Å². The van der Waals surface area contributed by atoms with Gasteiger partial charge in [-0.3, -0.25) is 19.2 Å². The molecule has 0 fully saturated rings. The van der Waals surface area contributed by atoms with E-state index >= 15 is 0 Å². The molecule has 0 saturated carbocycles. The minimum absolute atomic E-state index is 0.0122. The fourth-order valence-electron chi connectivity index (χ4n) is 4.23. The van der Waals surface area contributed by atoms with Crippen LogP contribution in [0.1, 0.15) is 38.6 Å². The summed E-state index contributed by atoms with van der Waals surface area (Å²) < 4.78 is 14.3. The van der Waals surface area contributed by atoms with Crippen LogP contribution in [0.15, 0.2) is 32.6 Å². The van der Waals surface area contributed by atoms with Crippen LogP contribution in [-0.2, 0) is 25.9 Å². The van der Waals surface area contributed by atoms with Gasteiger partial charge >= 0.3 is 0 Å². The molecule has 2 heterocycles. The monoisotopic (exact) mass is 481 g/mol. The van der Waals surface area contributed by atoms with E-state index in [4.69, 9.17) is 0 Å². The standard InChI is InChI=1S/C23H20FN5O4S/c1-25-16-17(19(31)18(16)30)26-9-11-7-10(5-6-13(11)24)8-27-22(33)20-28-21(32)15-12-3-2-4-14(12)34-23(15)29-20/h5-7,25-26H,2-4,8-9H2,1H3,(H,27,33)(H,28,29,32). The van der Waals surface area contributed by atoms with Gasteiger partial charge in [0.1, 0.15) is 22.0 Å². The lowest BCUT2D eigenvalue weighted by atomic mass is 10.1. The van der Waals surface area contributed by atoms with Crippen LogP contribution in [-0.4, -0.2) is 22.9 Å². The molecule has 0 bridgehead atoms. The first-order valence-corrected chi connectivity index (χ1v) is 11.5. The number of aromatic nitrogens is 2. The van der Waals surface area contributed by atoms with Crippen LogP contribution in [0, 0.1) is 5.82 Å². The summed E-state index contributed by atoms with van der Waals surface area (Å²) in [6.07, 6.45) is 2.80. The molecule has 0 saturated heterocycles. The van der Waals surface area contributed by atoms with Gasteiger partial charge in [0.15, 0.2) is 0 Å². The molecule has 0 aliphatic heterocycles. The zero-order valence-electron chi connectivity index (χ0n) is 18.1. The smallest absolute Gasteiger partial charge is 0.287 e. The van der Waals surface area contributed by atoms with Crippen LogP contribution in [0.3, 0.4) is 0 Å². The van der Waals surface area contributed by atoms with Crippen molar-refractivity contribution in [1.29, 1.82) is 0 Å². The molecule has 2 aromatic carbocycles. The fraction of sp³-hybridized carbons (Fsp3) is 0.261. The Bertz CT molecular complexity index is 1580. The van der Waals surface area contributed by atoms with Crippen molar-refractivity contribution in [2.24, 2.45) is 0 Å². The summed E-state index contributed by atoms with van der Waals surface area (Å²) in [5.74, 6) is -1.10. The van der Waals surface area contributed by atoms with Gasteiger partial charge in [0.05, 0.1) is 5.39 Å². The molecule has 4 N–H and O–H groups in total. The topological polar surface area (TPSA) is 133 Å². The highest BCUT2D eigenvalue weighted by atomic mass is 32.1. The predicted molar refractivity (Wildman–Crippen MR) is 128 cm³/mol. The van der Waals surface area contributed by atoms with Crippen molar-refractivity contribution < 1.29 is 9.18 Å². The number of hydrogen-bond acceptors (Lipinski definition) is 8. The van der Waals surface area contributed by atoms with Crippen LogP contribution in [0.5, 0.6) is 0 Å².